The third-order valence-corrected chi connectivity index (χ3v) is 4.34. The molecule has 0 aliphatic rings. The summed E-state index contributed by atoms with van der Waals surface area (Å²) >= 11 is 9.62. The summed E-state index contributed by atoms with van der Waals surface area (Å²) in [5.74, 6) is 0.345. The Morgan fingerprint density at radius 3 is 2.48 bits per heavy atom. The summed E-state index contributed by atoms with van der Waals surface area (Å²) in [7, 11) is 0. The van der Waals surface area contributed by atoms with Gasteiger partial charge >= 0.3 is 6.36 Å². The first kappa shape index (κ1) is 17.8. The molecule has 1 N–H and O–H groups in total. The summed E-state index contributed by atoms with van der Waals surface area (Å²) in [5, 5.41) is 5.48. The van der Waals surface area contributed by atoms with Crippen LogP contribution in [-0.2, 0) is 6.54 Å². The average molecular weight is 432 g/mol. The average Bonchev–Trinajstić information content (AvgIpc) is 2.54. The van der Waals surface area contributed by atoms with Crippen molar-refractivity contribution in [3.63, 3.8) is 0 Å². The molecule has 3 nitrogen and oxygen atoms in total. The first-order chi connectivity index (χ1) is 11.8. The Morgan fingerprint density at radius 1 is 1.08 bits per heavy atom. The van der Waals surface area contributed by atoms with Gasteiger partial charge in [0.15, 0.2) is 0 Å². The normalized spacial score (nSPS) is 11.6. The van der Waals surface area contributed by atoms with Crippen LogP contribution in [0.3, 0.4) is 0 Å². The lowest BCUT2D eigenvalue weighted by molar-refractivity contribution is -0.274. The summed E-state index contributed by atoms with van der Waals surface area (Å²) in [6, 6.07) is 13.0. The monoisotopic (exact) mass is 430 g/mol. The SMILES string of the molecule is FC(F)(F)Oc1ccc(CNc2cc3c(Cl)cccc3c(Br)n2)cc1. The van der Waals surface area contributed by atoms with E-state index in [0.717, 1.165) is 16.3 Å². The van der Waals surface area contributed by atoms with Crippen LogP contribution >= 0.6 is 27.5 Å². The molecule has 1 aromatic heterocycles. The van der Waals surface area contributed by atoms with E-state index in [1.54, 1.807) is 18.2 Å². The Labute approximate surface area is 154 Å². The highest BCUT2D eigenvalue weighted by Crippen LogP contribution is 2.30. The Bertz CT molecular complexity index is 901. The minimum Gasteiger partial charge on any atom is -0.406 e. The molecule has 0 radical (unpaired) electrons. The number of nitrogens with one attached hydrogen (secondary N) is 1. The van der Waals surface area contributed by atoms with Gasteiger partial charge in [-0.3, -0.25) is 0 Å². The molecule has 25 heavy (non-hydrogen) atoms. The number of fused-ring (bicyclic) bond motifs is 1. The van der Waals surface area contributed by atoms with Gasteiger partial charge in [0.05, 0.1) is 0 Å². The quantitative estimate of drug-likeness (QED) is 0.502. The van der Waals surface area contributed by atoms with Crippen molar-refractivity contribution in [3.05, 3.63) is 63.7 Å². The number of ether oxygens (including phenoxy) is 1. The van der Waals surface area contributed by atoms with Gasteiger partial charge in [-0.2, -0.15) is 0 Å². The second-order valence-corrected chi connectivity index (χ2v) is 6.34. The van der Waals surface area contributed by atoms with Gasteiger partial charge in [-0.1, -0.05) is 35.9 Å². The van der Waals surface area contributed by atoms with Gasteiger partial charge in [-0.15, -0.1) is 13.2 Å². The molecule has 0 saturated heterocycles. The lowest BCUT2D eigenvalue weighted by atomic mass is 10.1. The Hall–Kier alpha value is -1.99. The van der Waals surface area contributed by atoms with Gasteiger partial charge < -0.3 is 10.1 Å². The number of halogens is 5. The van der Waals surface area contributed by atoms with Crippen LogP contribution in [0.2, 0.25) is 5.02 Å². The Morgan fingerprint density at radius 2 is 1.80 bits per heavy atom. The van der Waals surface area contributed by atoms with Gasteiger partial charge in [0.2, 0.25) is 0 Å². The molecule has 0 unspecified atom stereocenters. The summed E-state index contributed by atoms with van der Waals surface area (Å²) in [4.78, 5) is 4.40. The van der Waals surface area contributed by atoms with Crippen molar-refractivity contribution < 1.29 is 17.9 Å². The van der Waals surface area contributed by atoms with E-state index in [-0.39, 0.29) is 5.75 Å². The van der Waals surface area contributed by atoms with Crippen LogP contribution < -0.4 is 10.1 Å². The molecule has 0 atom stereocenters. The molecule has 0 saturated carbocycles. The van der Waals surface area contributed by atoms with Crippen LogP contribution in [0.1, 0.15) is 5.56 Å². The molecule has 0 aliphatic heterocycles. The number of hydrogen-bond acceptors (Lipinski definition) is 3. The molecule has 1 heterocycles. The van der Waals surface area contributed by atoms with Crippen molar-refractivity contribution in [1.82, 2.24) is 4.98 Å². The fourth-order valence-electron chi connectivity index (χ4n) is 2.29. The zero-order valence-corrected chi connectivity index (χ0v) is 14.9. The first-order valence-corrected chi connectivity index (χ1v) is 8.32. The van der Waals surface area contributed by atoms with Crippen LogP contribution in [-0.4, -0.2) is 11.3 Å². The number of rotatable bonds is 4. The van der Waals surface area contributed by atoms with Gasteiger partial charge in [0.25, 0.3) is 0 Å². The predicted molar refractivity (Wildman–Crippen MR) is 94.9 cm³/mol. The molecule has 8 heteroatoms. The van der Waals surface area contributed by atoms with Crippen molar-refractivity contribution >= 4 is 44.1 Å². The summed E-state index contributed by atoms with van der Waals surface area (Å²) in [5.41, 5.74) is 0.784. The molecule has 0 bridgehead atoms. The Kier molecular flexibility index (Phi) is 5.06. The predicted octanol–water partition coefficient (Wildman–Crippen LogP) is 6.16. The number of alkyl halides is 3. The van der Waals surface area contributed by atoms with E-state index in [9.17, 15) is 13.2 Å². The molecule has 130 valence electrons. The number of benzene rings is 2. The number of pyridine rings is 1. The highest BCUT2D eigenvalue weighted by Gasteiger charge is 2.30. The second kappa shape index (κ2) is 7.09. The number of hydrogen-bond donors (Lipinski definition) is 1. The van der Waals surface area contributed by atoms with E-state index in [0.29, 0.717) is 22.0 Å². The topological polar surface area (TPSA) is 34.1 Å². The molecule has 3 rings (SSSR count). The molecular weight excluding hydrogens is 421 g/mol. The maximum atomic E-state index is 12.2. The second-order valence-electron chi connectivity index (χ2n) is 5.18. The van der Waals surface area contributed by atoms with E-state index in [4.69, 9.17) is 11.6 Å². The summed E-state index contributed by atoms with van der Waals surface area (Å²) < 4.78 is 41.0. The Balaban J connectivity index is 1.73. The minimum atomic E-state index is -4.69. The maximum Gasteiger partial charge on any atom is 0.573 e. The molecule has 0 spiro atoms. The number of anilines is 1. The molecule has 0 amide bonds. The van der Waals surface area contributed by atoms with Crippen molar-refractivity contribution in [2.45, 2.75) is 12.9 Å². The van der Waals surface area contributed by atoms with Crippen molar-refractivity contribution in [3.8, 4) is 5.75 Å². The summed E-state index contributed by atoms with van der Waals surface area (Å²) in [6.07, 6.45) is -4.69. The van der Waals surface area contributed by atoms with Crippen molar-refractivity contribution in [2.24, 2.45) is 0 Å². The lowest BCUT2D eigenvalue weighted by Crippen LogP contribution is -2.17. The maximum absolute atomic E-state index is 12.2. The van der Waals surface area contributed by atoms with E-state index in [1.165, 1.54) is 12.1 Å². The zero-order valence-electron chi connectivity index (χ0n) is 12.6. The smallest absolute Gasteiger partial charge is 0.406 e. The third kappa shape index (κ3) is 4.55. The highest BCUT2D eigenvalue weighted by molar-refractivity contribution is 9.10. The van der Waals surface area contributed by atoms with Gasteiger partial charge in [0.1, 0.15) is 16.2 Å². The fraction of sp³-hybridized carbons (Fsp3) is 0.118. The van der Waals surface area contributed by atoms with Crippen LogP contribution in [0.25, 0.3) is 10.8 Å². The van der Waals surface area contributed by atoms with E-state index in [1.807, 2.05) is 18.2 Å². The van der Waals surface area contributed by atoms with Crippen molar-refractivity contribution in [1.29, 1.82) is 0 Å². The van der Waals surface area contributed by atoms with Crippen LogP contribution in [0, 0.1) is 0 Å². The molecule has 3 aromatic rings. The fourth-order valence-corrected chi connectivity index (χ4v) is 3.06. The number of nitrogens with zero attached hydrogens (tertiary/aromatic N) is 1. The van der Waals surface area contributed by atoms with E-state index < -0.39 is 6.36 Å². The van der Waals surface area contributed by atoms with Crippen LogP contribution in [0.4, 0.5) is 19.0 Å². The van der Waals surface area contributed by atoms with E-state index in [2.05, 4.69) is 31.0 Å². The van der Waals surface area contributed by atoms with Gasteiger partial charge in [-0.05, 0) is 45.8 Å². The summed E-state index contributed by atoms with van der Waals surface area (Å²) in [6.45, 7) is 0.391. The number of aromatic nitrogens is 1. The van der Waals surface area contributed by atoms with Crippen LogP contribution in [0.15, 0.2) is 53.1 Å². The van der Waals surface area contributed by atoms with Gasteiger partial charge in [0, 0.05) is 22.3 Å². The highest BCUT2D eigenvalue weighted by atomic mass is 79.9. The van der Waals surface area contributed by atoms with Gasteiger partial charge in [-0.25, -0.2) is 4.98 Å². The van der Waals surface area contributed by atoms with Crippen molar-refractivity contribution in [2.75, 3.05) is 5.32 Å². The first-order valence-electron chi connectivity index (χ1n) is 7.15. The molecule has 0 fully saturated rings. The van der Waals surface area contributed by atoms with Crippen LogP contribution in [0.5, 0.6) is 5.75 Å². The third-order valence-electron chi connectivity index (χ3n) is 3.41. The molecular formula is C17H11BrClF3N2O. The standard InChI is InChI=1S/C17H11BrClF3N2O/c18-16-12-2-1-3-14(19)13(12)8-15(24-16)23-9-10-4-6-11(7-5-10)25-17(20,21)22/h1-8H,9H2,(H,23,24). The zero-order chi connectivity index (χ0) is 18.0. The molecule has 0 aliphatic carbocycles. The largest absolute Gasteiger partial charge is 0.573 e. The lowest BCUT2D eigenvalue weighted by Gasteiger charge is -2.11. The minimum absolute atomic E-state index is 0.255. The molecule has 2 aromatic carbocycles. The van der Waals surface area contributed by atoms with E-state index >= 15 is 0 Å².